The van der Waals surface area contributed by atoms with Crippen molar-refractivity contribution >= 4 is 28.5 Å². The Labute approximate surface area is 210 Å². The molecule has 186 valence electrons. The maximum atomic E-state index is 12.7. The minimum absolute atomic E-state index is 0.276. The van der Waals surface area contributed by atoms with E-state index < -0.39 is 5.91 Å². The van der Waals surface area contributed by atoms with Crippen molar-refractivity contribution in [2.75, 3.05) is 6.61 Å². The van der Waals surface area contributed by atoms with Gasteiger partial charge in [-0.05, 0) is 67.8 Å². The lowest BCUT2D eigenvalue weighted by Gasteiger charge is -2.09. The lowest BCUT2D eigenvalue weighted by molar-refractivity contribution is 0.0943. The number of primary amides is 1. The van der Waals surface area contributed by atoms with E-state index in [1.165, 1.54) is 0 Å². The first kappa shape index (κ1) is 24.8. The number of hydrogen-bond acceptors (Lipinski definition) is 4. The van der Waals surface area contributed by atoms with Crippen molar-refractivity contribution in [3.05, 3.63) is 82.7 Å². The van der Waals surface area contributed by atoms with Crippen molar-refractivity contribution in [2.24, 2.45) is 12.8 Å². The van der Waals surface area contributed by atoms with E-state index in [0.29, 0.717) is 24.4 Å². The normalized spacial score (nSPS) is 10.9. The fourth-order valence-corrected chi connectivity index (χ4v) is 4.02. The first-order valence-corrected chi connectivity index (χ1v) is 11.9. The summed E-state index contributed by atoms with van der Waals surface area (Å²) in [6.07, 6.45) is 0.944. The second kappa shape index (κ2) is 10.5. The Morgan fingerprint density at radius 2 is 1.83 bits per heavy atom. The summed E-state index contributed by atoms with van der Waals surface area (Å²) < 4.78 is 7.68. The molecule has 36 heavy (non-hydrogen) atoms. The van der Waals surface area contributed by atoms with Gasteiger partial charge < -0.3 is 20.8 Å². The second-order valence-electron chi connectivity index (χ2n) is 8.94. The Morgan fingerprint density at radius 3 is 2.50 bits per heavy atom. The third kappa shape index (κ3) is 5.33. The number of nitrogens with one attached hydrogen (secondary N) is 2. The van der Waals surface area contributed by atoms with Crippen LogP contribution in [0.2, 0.25) is 0 Å². The minimum atomic E-state index is -0.483. The zero-order valence-electron chi connectivity index (χ0n) is 21.0. The van der Waals surface area contributed by atoms with Gasteiger partial charge in [-0.15, -0.1) is 0 Å². The molecule has 2 aromatic carbocycles. The van der Waals surface area contributed by atoms with Crippen LogP contribution >= 0.6 is 0 Å². The standard InChI is InChI=1S/C28H31N5O3/c1-5-12-36-26(17(2)3)23-14-21-13-20(10-11-22(21)31-23)25-15-24(32-33(25)4)28(35)30-16-18-6-8-19(9-7-18)27(29)34/h6-11,13-15,31H,5,12,16H2,1-4H3,(H2,29,34)(H,30,35). The SMILES string of the molecule is CCCOC(=C(C)C)c1cc2cc(-c3cc(C(=O)NCc4ccc(C(N)=O)cc4)nn3C)ccc2[nH]1. The number of H-pyrrole nitrogens is 1. The molecule has 0 aliphatic rings. The Hall–Kier alpha value is -4.33. The van der Waals surface area contributed by atoms with Crippen molar-refractivity contribution in [2.45, 2.75) is 33.7 Å². The van der Waals surface area contributed by atoms with Gasteiger partial charge in [0, 0.05) is 35.6 Å². The van der Waals surface area contributed by atoms with Crippen LogP contribution in [-0.4, -0.2) is 33.2 Å². The van der Waals surface area contributed by atoms with Gasteiger partial charge in [-0.3, -0.25) is 14.3 Å². The number of hydrogen-bond donors (Lipinski definition) is 3. The molecule has 0 unspecified atom stereocenters. The van der Waals surface area contributed by atoms with E-state index >= 15 is 0 Å². The summed E-state index contributed by atoms with van der Waals surface area (Å²) >= 11 is 0. The lowest BCUT2D eigenvalue weighted by atomic mass is 10.1. The fourth-order valence-electron chi connectivity index (χ4n) is 4.02. The van der Waals surface area contributed by atoms with Crippen LogP contribution in [0.25, 0.3) is 27.9 Å². The molecule has 2 heterocycles. The van der Waals surface area contributed by atoms with Gasteiger partial charge in [0.1, 0.15) is 5.76 Å². The summed E-state index contributed by atoms with van der Waals surface area (Å²) in [6.45, 7) is 7.15. The molecule has 0 fully saturated rings. The summed E-state index contributed by atoms with van der Waals surface area (Å²) in [5, 5.41) is 8.34. The maximum Gasteiger partial charge on any atom is 0.272 e. The second-order valence-corrected chi connectivity index (χ2v) is 8.94. The predicted octanol–water partition coefficient (Wildman–Crippen LogP) is 4.77. The van der Waals surface area contributed by atoms with E-state index in [9.17, 15) is 9.59 Å². The highest BCUT2D eigenvalue weighted by atomic mass is 16.5. The Bertz CT molecular complexity index is 1440. The quantitative estimate of drug-likeness (QED) is 0.296. The zero-order valence-corrected chi connectivity index (χ0v) is 21.0. The molecule has 0 atom stereocenters. The number of rotatable bonds is 9. The van der Waals surface area contributed by atoms with Gasteiger partial charge >= 0.3 is 0 Å². The number of ether oxygens (including phenoxy) is 1. The summed E-state index contributed by atoms with van der Waals surface area (Å²) in [5.74, 6) is 0.114. The number of nitrogens with two attached hydrogens (primary N) is 1. The maximum absolute atomic E-state index is 12.7. The van der Waals surface area contributed by atoms with E-state index in [-0.39, 0.29) is 5.91 Å². The highest BCUT2D eigenvalue weighted by Gasteiger charge is 2.16. The van der Waals surface area contributed by atoms with Crippen LogP contribution in [0.15, 0.2) is 60.2 Å². The summed E-state index contributed by atoms with van der Waals surface area (Å²) in [5.41, 5.74) is 11.7. The number of fused-ring (bicyclic) bond motifs is 1. The highest BCUT2D eigenvalue weighted by Crippen LogP contribution is 2.29. The molecule has 4 aromatic rings. The predicted molar refractivity (Wildman–Crippen MR) is 141 cm³/mol. The number of amides is 2. The Balaban J connectivity index is 1.52. The molecule has 0 aliphatic heterocycles. The van der Waals surface area contributed by atoms with Gasteiger partial charge in [0.15, 0.2) is 5.69 Å². The van der Waals surface area contributed by atoms with Gasteiger partial charge in [-0.25, -0.2) is 0 Å². The Kier molecular flexibility index (Phi) is 7.24. The molecule has 0 saturated carbocycles. The number of allylic oxidation sites excluding steroid dienone is 1. The van der Waals surface area contributed by atoms with E-state index in [1.807, 2.05) is 33.0 Å². The van der Waals surface area contributed by atoms with E-state index in [1.54, 1.807) is 35.0 Å². The molecule has 8 nitrogen and oxygen atoms in total. The molecule has 2 aromatic heterocycles. The van der Waals surface area contributed by atoms with Gasteiger partial charge in [0.25, 0.3) is 5.91 Å². The number of aromatic amines is 1. The average Bonchev–Trinajstić information content (AvgIpc) is 3.45. The van der Waals surface area contributed by atoms with Crippen LogP contribution in [0.4, 0.5) is 0 Å². The van der Waals surface area contributed by atoms with Crippen LogP contribution in [0, 0.1) is 0 Å². The van der Waals surface area contributed by atoms with Crippen LogP contribution in [0.5, 0.6) is 0 Å². The van der Waals surface area contributed by atoms with Gasteiger partial charge in [-0.1, -0.05) is 25.1 Å². The molecule has 0 bridgehead atoms. The number of carbonyl (C=O) groups excluding carboxylic acids is 2. The molecule has 4 rings (SSSR count). The molecule has 8 heteroatoms. The average molecular weight is 486 g/mol. The molecular weight excluding hydrogens is 454 g/mol. The van der Waals surface area contributed by atoms with Gasteiger partial charge in [0.05, 0.1) is 18.0 Å². The molecule has 0 radical (unpaired) electrons. The van der Waals surface area contributed by atoms with Crippen molar-refractivity contribution in [3.8, 4) is 11.3 Å². The summed E-state index contributed by atoms with van der Waals surface area (Å²) in [4.78, 5) is 27.4. The molecule has 0 spiro atoms. The topological polar surface area (TPSA) is 115 Å². The van der Waals surface area contributed by atoms with Crippen molar-refractivity contribution < 1.29 is 14.3 Å². The van der Waals surface area contributed by atoms with Crippen molar-refractivity contribution in [1.29, 1.82) is 0 Å². The summed E-state index contributed by atoms with van der Waals surface area (Å²) in [7, 11) is 1.82. The number of benzene rings is 2. The first-order valence-electron chi connectivity index (χ1n) is 11.9. The number of aromatic nitrogens is 3. The van der Waals surface area contributed by atoms with Crippen LogP contribution in [0.3, 0.4) is 0 Å². The largest absolute Gasteiger partial charge is 0.491 e. The molecule has 0 saturated heterocycles. The summed E-state index contributed by atoms with van der Waals surface area (Å²) in [6, 6.07) is 16.8. The lowest BCUT2D eigenvalue weighted by Crippen LogP contribution is -2.23. The fraction of sp³-hybridized carbons (Fsp3) is 0.250. The minimum Gasteiger partial charge on any atom is -0.491 e. The monoisotopic (exact) mass is 485 g/mol. The van der Waals surface area contributed by atoms with E-state index in [4.69, 9.17) is 10.5 Å². The number of nitrogens with zero attached hydrogens (tertiary/aromatic N) is 2. The van der Waals surface area contributed by atoms with Gasteiger partial charge in [-0.2, -0.15) is 5.10 Å². The Morgan fingerprint density at radius 1 is 1.08 bits per heavy atom. The molecule has 2 amide bonds. The third-order valence-corrected chi connectivity index (χ3v) is 5.87. The van der Waals surface area contributed by atoms with Crippen molar-refractivity contribution in [1.82, 2.24) is 20.1 Å². The molecule has 0 aliphatic carbocycles. The molecule has 4 N–H and O–H groups in total. The van der Waals surface area contributed by atoms with Crippen LogP contribution in [-0.2, 0) is 18.3 Å². The van der Waals surface area contributed by atoms with Crippen molar-refractivity contribution in [3.63, 3.8) is 0 Å². The van der Waals surface area contributed by atoms with Crippen LogP contribution < -0.4 is 11.1 Å². The highest BCUT2D eigenvalue weighted by molar-refractivity contribution is 5.94. The third-order valence-electron chi connectivity index (χ3n) is 5.87. The van der Waals surface area contributed by atoms with Gasteiger partial charge in [0.2, 0.25) is 5.91 Å². The zero-order chi connectivity index (χ0) is 25.8. The smallest absolute Gasteiger partial charge is 0.272 e. The number of aryl methyl sites for hydroxylation is 1. The van der Waals surface area contributed by atoms with E-state index in [2.05, 4.69) is 34.5 Å². The number of carbonyl (C=O) groups is 2. The van der Waals surface area contributed by atoms with Crippen LogP contribution in [0.1, 0.15) is 59.3 Å². The van der Waals surface area contributed by atoms with E-state index in [0.717, 1.165) is 51.2 Å². The first-order chi connectivity index (χ1) is 17.3. The molecular formula is C28H31N5O3.